The van der Waals surface area contributed by atoms with Crippen molar-refractivity contribution in [2.45, 2.75) is 32.2 Å². The van der Waals surface area contributed by atoms with Crippen LogP contribution < -0.4 is 5.32 Å². The van der Waals surface area contributed by atoms with E-state index in [0.717, 1.165) is 45.9 Å². The van der Waals surface area contributed by atoms with E-state index in [2.05, 4.69) is 20.3 Å². The van der Waals surface area contributed by atoms with Crippen LogP contribution in [-0.4, -0.2) is 44.9 Å². The number of anilines is 1. The van der Waals surface area contributed by atoms with Crippen molar-refractivity contribution < 1.29 is 9.18 Å². The second-order valence-corrected chi connectivity index (χ2v) is 9.39. The summed E-state index contributed by atoms with van der Waals surface area (Å²) in [6, 6.07) is 14.2. The summed E-state index contributed by atoms with van der Waals surface area (Å²) in [6.45, 7) is 3.14. The lowest BCUT2D eigenvalue weighted by Gasteiger charge is -2.35. The van der Waals surface area contributed by atoms with Crippen molar-refractivity contribution in [2.24, 2.45) is 0 Å². The van der Waals surface area contributed by atoms with Gasteiger partial charge in [0.15, 0.2) is 0 Å². The van der Waals surface area contributed by atoms with Crippen LogP contribution in [0.2, 0.25) is 0 Å². The first kappa shape index (κ1) is 21.5. The molecule has 1 saturated heterocycles. The molecule has 1 amide bonds. The Morgan fingerprint density at radius 1 is 1.18 bits per heavy atom. The Balaban J connectivity index is 1.40. The van der Waals surface area contributed by atoms with Crippen molar-refractivity contribution >= 4 is 34.0 Å². The predicted molar refractivity (Wildman–Crippen MR) is 129 cm³/mol. The van der Waals surface area contributed by atoms with E-state index in [1.807, 2.05) is 42.2 Å². The topological polar surface area (TPSA) is 71.0 Å². The number of halogens is 1. The quantitative estimate of drug-likeness (QED) is 0.436. The zero-order valence-electron chi connectivity index (χ0n) is 18.3. The van der Waals surface area contributed by atoms with Crippen LogP contribution in [0.15, 0.2) is 54.9 Å². The van der Waals surface area contributed by atoms with Gasteiger partial charge in [0.1, 0.15) is 23.7 Å². The molecule has 3 heterocycles. The first-order chi connectivity index (χ1) is 16.1. The molecule has 6 nitrogen and oxygen atoms in total. The molecule has 0 spiro atoms. The number of fused-ring (bicyclic) bond motifs is 1. The van der Waals surface area contributed by atoms with Crippen molar-refractivity contribution in [3.05, 3.63) is 71.4 Å². The molecule has 1 atom stereocenters. The number of hydrogen-bond acceptors (Lipinski definition) is 6. The monoisotopic (exact) mass is 461 g/mol. The highest BCUT2D eigenvalue weighted by molar-refractivity contribution is 7.15. The molecule has 0 radical (unpaired) electrons. The van der Waals surface area contributed by atoms with Crippen molar-refractivity contribution in [2.75, 3.05) is 18.4 Å². The predicted octanol–water partition coefficient (Wildman–Crippen LogP) is 5.31. The van der Waals surface area contributed by atoms with E-state index < -0.39 is 0 Å². The fraction of sp³-hybridized carbons (Fsp3) is 0.280. The van der Waals surface area contributed by atoms with Crippen molar-refractivity contribution in [3.63, 3.8) is 0 Å². The van der Waals surface area contributed by atoms with Crippen LogP contribution in [0, 0.1) is 12.7 Å². The number of likely N-dealkylation sites (tertiary alicyclic amines) is 1. The lowest BCUT2D eigenvalue weighted by molar-refractivity contribution is 0.0623. The fourth-order valence-electron chi connectivity index (χ4n) is 4.37. The second kappa shape index (κ2) is 9.23. The Morgan fingerprint density at radius 2 is 2.06 bits per heavy atom. The highest BCUT2D eigenvalue weighted by Gasteiger charge is 2.31. The molecule has 5 rings (SSSR count). The molecule has 33 heavy (non-hydrogen) atoms. The third-order valence-electron chi connectivity index (χ3n) is 5.96. The molecule has 2 aromatic carbocycles. The summed E-state index contributed by atoms with van der Waals surface area (Å²) < 4.78 is 13.9. The van der Waals surface area contributed by atoms with E-state index in [1.54, 1.807) is 12.4 Å². The second-order valence-electron chi connectivity index (χ2n) is 8.19. The van der Waals surface area contributed by atoms with Gasteiger partial charge in [0, 0.05) is 24.5 Å². The highest BCUT2D eigenvalue weighted by Crippen LogP contribution is 2.33. The van der Waals surface area contributed by atoms with E-state index in [0.29, 0.717) is 24.3 Å². The number of thiazole rings is 1. The summed E-state index contributed by atoms with van der Waals surface area (Å²) in [5.41, 5.74) is 1.97. The molecule has 1 N–H and O–H groups in total. The Morgan fingerprint density at radius 3 is 2.94 bits per heavy atom. The molecule has 2 aromatic heterocycles. The number of nitrogens with zero attached hydrogens (tertiary/aromatic N) is 4. The molecule has 1 unspecified atom stereocenters. The molecular formula is C25H24FN5OS. The van der Waals surface area contributed by atoms with Crippen molar-refractivity contribution in [1.29, 1.82) is 0 Å². The van der Waals surface area contributed by atoms with Gasteiger partial charge in [-0.2, -0.15) is 0 Å². The van der Waals surface area contributed by atoms with E-state index in [4.69, 9.17) is 0 Å². The zero-order valence-corrected chi connectivity index (χ0v) is 19.1. The van der Waals surface area contributed by atoms with Gasteiger partial charge in [-0.25, -0.2) is 19.3 Å². The van der Waals surface area contributed by atoms with Crippen LogP contribution in [0.5, 0.6) is 0 Å². The fourth-order valence-corrected chi connectivity index (χ4v) is 5.28. The molecule has 4 aromatic rings. The maximum Gasteiger partial charge on any atom is 0.274 e. The normalized spacial score (nSPS) is 16.2. The van der Waals surface area contributed by atoms with Crippen LogP contribution in [0.4, 0.5) is 10.2 Å². The summed E-state index contributed by atoms with van der Waals surface area (Å²) >= 11 is 1.42. The Hall–Kier alpha value is -3.39. The Bertz CT molecular complexity index is 1300. The third-order valence-corrected chi connectivity index (χ3v) is 6.98. The van der Waals surface area contributed by atoms with Gasteiger partial charge in [0.05, 0.1) is 15.4 Å². The molecule has 0 bridgehead atoms. The third kappa shape index (κ3) is 4.43. The van der Waals surface area contributed by atoms with Crippen LogP contribution in [0.25, 0.3) is 21.3 Å². The lowest BCUT2D eigenvalue weighted by Crippen LogP contribution is -2.47. The minimum atomic E-state index is -0.325. The lowest BCUT2D eigenvalue weighted by atomic mass is 10.0. The largest absolute Gasteiger partial charge is 0.367 e. The van der Waals surface area contributed by atoms with Gasteiger partial charge < -0.3 is 10.2 Å². The van der Waals surface area contributed by atoms with E-state index >= 15 is 0 Å². The molecule has 0 saturated carbocycles. The molecule has 1 fully saturated rings. The number of carbonyl (C=O) groups excluding carboxylic acids is 1. The first-order valence-corrected chi connectivity index (χ1v) is 11.9. The number of piperidine rings is 1. The minimum Gasteiger partial charge on any atom is -0.367 e. The summed E-state index contributed by atoms with van der Waals surface area (Å²) in [5, 5.41) is 5.18. The number of aromatic nitrogens is 3. The van der Waals surface area contributed by atoms with Crippen LogP contribution >= 0.6 is 11.3 Å². The van der Waals surface area contributed by atoms with E-state index in [1.165, 1.54) is 23.5 Å². The van der Waals surface area contributed by atoms with Gasteiger partial charge in [0.25, 0.3) is 5.91 Å². The molecule has 1 aliphatic heterocycles. The molecule has 168 valence electrons. The molecule has 0 aliphatic carbocycles. The number of amides is 1. The van der Waals surface area contributed by atoms with Gasteiger partial charge in [-0.3, -0.25) is 4.79 Å². The Kier molecular flexibility index (Phi) is 6.00. The number of hydrogen-bond donors (Lipinski definition) is 1. The number of para-hydroxylation sites is 1. The van der Waals surface area contributed by atoms with Gasteiger partial charge >= 0.3 is 0 Å². The van der Waals surface area contributed by atoms with Crippen molar-refractivity contribution in [1.82, 2.24) is 19.9 Å². The highest BCUT2D eigenvalue weighted by atomic mass is 32.1. The summed E-state index contributed by atoms with van der Waals surface area (Å²) in [6.07, 6.45) is 4.47. The number of benzene rings is 2. The molecule has 8 heteroatoms. The van der Waals surface area contributed by atoms with Crippen LogP contribution in [0.1, 0.15) is 34.8 Å². The Labute approximate surface area is 195 Å². The summed E-state index contributed by atoms with van der Waals surface area (Å²) in [5.74, 6) is 0.343. The summed E-state index contributed by atoms with van der Waals surface area (Å²) in [4.78, 5) is 29.6. The maximum absolute atomic E-state index is 13.9. The first-order valence-electron chi connectivity index (χ1n) is 11.1. The average Bonchev–Trinajstić information content (AvgIpc) is 3.24. The minimum absolute atomic E-state index is 0.0161. The van der Waals surface area contributed by atoms with E-state index in [9.17, 15) is 9.18 Å². The van der Waals surface area contributed by atoms with Gasteiger partial charge in [0.2, 0.25) is 0 Å². The summed E-state index contributed by atoms with van der Waals surface area (Å²) in [7, 11) is 0. The standard InChI is InChI=1S/C25H24FN5OS/c1-16-30-22(23(33-16)17-7-6-8-18(26)13-17)25(32)31-12-5-4-9-19(31)14-27-24-20-10-2-3-11-21(20)28-15-29-24/h2-3,6-8,10-11,13,15,19H,4-5,9,12,14H2,1H3,(H,27,28,29). The zero-order chi connectivity index (χ0) is 22.8. The number of nitrogens with one attached hydrogen (secondary N) is 1. The molecular weight excluding hydrogens is 437 g/mol. The SMILES string of the molecule is Cc1nc(C(=O)N2CCCCC2CNc2ncnc3ccccc23)c(-c2cccc(F)c2)s1. The number of aryl methyl sites for hydroxylation is 1. The van der Waals surface area contributed by atoms with Gasteiger partial charge in [-0.15, -0.1) is 11.3 Å². The molecule has 1 aliphatic rings. The van der Waals surface area contributed by atoms with Crippen molar-refractivity contribution in [3.8, 4) is 10.4 Å². The van der Waals surface area contributed by atoms with Gasteiger partial charge in [-0.1, -0.05) is 24.3 Å². The maximum atomic E-state index is 13.9. The van der Waals surface area contributed by atoms with Gasteiger partial charge in [-0.05, 0) is 56.0 Å². The number of rotatable bonds is 5. The van der Waals surface area contributed by atoms with Crippen LogP contribution in [-0.2, 0) is 0 Å². The smallest absolute Gasteiger partial charge is 0.274 e. The van der Waals surface area contributed by atoms with Crippen LogP contribution in [0.3, 0.4) is 0 Å². The van der Waals surface area contributed by atoms with E-state index in [-0.39, 0.29) is 17.8 Å². The number of carbonyl (C=O) groups is 1. The average molecular weight is 462 g/mol.